The second-order valence-electron chi connectivity index (χ2n) is 9.06. The van der Waals surface area contributed by atoms with E-state index in [-0.39, 0.29) is 11.6 Å². The van der Waals surface area contributed by atoms with Gasteiger partial charge < -0.3 is 15.1 Å². The van der Waals surface area contributed by atoms with Crippen LogP contribution in [0.25, 0.3) is 28.4 Å². The number of anilines is 2. The first-order chi connectivity index (χ1) is 17.9. The van der Waals surface area contributed by atoms with Crippen LogP contribution >= 0.6 is 0 Å². The summed E-state index contributed by atoms with van der Waals surface area (Å²) in [5.74, 6) is 1.04. The predicted molar refractivity (Wildman–Crippen MR) is 141 cm³/mol. The first kappa shape index (κ1) is 23.4. The molecule has 5 heterocycles. The molecule has 1 saturated heterocycles. The molecule has 4 aromatic heterocycles. The molecule has 12 nitrogen and oxygen atoms in total. The number of fused-ring (bicyclic) bond motifs is 3. The van der Waals surface area contributed by atoms with Crippen LogP contribution in [0.4, 0.5) is 11.6 Å². The Kier molecular flexibility index (Phi) is 5.80. The number of hydrogen-bond donors (Lipinski definition) is 1. The Morgan fingerprint density at radius 1 is 1.03 bits per heavy atom. The van der Waals surface area contributed by atoms with Crippen LogP contribution in [0.15, 0.2) is 56.8 Å². The zero-order valence-corrected chi connectivity index (χ0v) is 21.4. The third kappa shape index (κ3) is 4.09. The number of nitrogens with two attached hydrogens (primary N) is 1. The molecule has 192 valence electrons. The summed E-state index contributed by atoms with van der Waals surface area (Å²) in [5, 5.41) is 4.42. The summed E-state index contributed by atoms with van der Waals surface area (Å²) >= 11 is 0. The van der Waals surface area contributed by atoms with Gasteiger partial charge in [-0.1, -0.05) is 0 Å². The first-order valence-corrected chi connectivity index (χ1v) is 13.5. The molecule has 0 bridgehead atoms. The SMILES string of the molecule is Cn1c(=O)n(CCN2CCN(c3ccc(S(C)=O)cc3)CC2)c2nc(N)n3nc(-c4ccco4)nc3c21. The highest BCUT2D eigenvalue weighted by Gasteiger charge is 2.23. The van der Waals surface area contributed by atoms with E-state index < -0.39 is 10.8 Å². The zero-order valence-electron chi connectivity index (χ0n) is 20.6. The van der Waals surface area contributed by atoms with Gasteiger partial charge in [0, 0.05) is 74.0 Å². The molecular formula is C24H27N9O3S. The Labute approximate surface area is 214 Å². The fourth-order valence-electron chi connectivity index (χ4n) is 4.82. The van der Waals surface area contributed by atoms with Crippen molar-refractivity contribution in [2.45, 2.75) is 11.4 Å². The average molecular weight is 522 g/mol. The molecule has 1 aliphatic heterocycles. The lowest BCUT2D eigenvalue weighted by Crippen LogP contribution is -2.47. The van der Waals surface area contributed by atoms with Gasteiger partial charge in [0.15, 0.2) is 17.1 Å². The molecule has 0 saturated carbocycles. The van der Waals surface area contributed by atoms with Gasteiger partial charge in [0.2, 0.25) is 11.8 Å². The maximum absolute atomic E-state index is 13.2. The lowest BCUT2D eigenvalue weighted by molar-refractivity contribution is 0.248. The monoisotopic (exact) mass is 521 g/mol. The number of nitrogens with zero attached hydrogens (tertiary/aromatic N) is 8. The fraction of sp³-hybridized carbons (Fsp3) is 0.333. The van der Waals surface area contributed by atoms with Crippen molar-refractivity contribution in [2.24, 2.45) is 7.05 Å². The number of piperazine rings is 1. The minimum Gasteiger partial charge on any atom is -0.461 e. The number of nitrogen functional groups attached to an aromatic ring is 1. The molecule has 0 spiro atoms. The van der Waals surface area contributed by atoms with Crippen molar-refractivity contribution in [2.75, 3.05) is 49.6 Å². The molecule has 0 radical (unpaired) electrons. The van der Waals surface area contributed by atoms with Crippen molar-refractivity contribution in [3.63, 3.8) is 0 Å². The van der Waals surface area contributed by atoms with Gasteiger partial charge in [-0.2, -0.15) is 9.50 Å². The molecule has 1 unspecified atom stereocenters. The van der Waals surface area contributed by atoms with E-state index in [9.17, 15) is 9.00 Å². The van der Waals surface area contributed by atoms with Crippen molar-refractivity contribution in [3.8, 4) is 11.6 Å². The maximum Gasteiger partial charge on any atom is 0.330 e. The van der Waals surface area contributed by atoms with Crippen molar-refractivity contribution < 1.29 is 8.63 Å². The number of furan rings is 1. The van der Waals surface area contributed by atoms with Crippen molar-refractivity contribution in [3.05, 3.63) is 53.1 Å². The van der Waals surface area contributed by atoms with Crippen LogP contribution in [0.5, 0.6) is 0 Å². The van der Waals surface area contributed by atoms with E-state index >= 15 is 0 Å². The standard InChI is InChI=1S/C24H27N9O3S/c1-29-19-21(27-23(25)33-22(19)26-20(28-33)18-4-3-15-36-18)32(24(29)34)14-11-30-9-12-31(13-10-30)16-5-7-17(8-6-16)37(2)35/h3-8,15H,9-14H2,1-2H3,(H2,25,27). The Morgan fingerprint density at radius 2 is 1.78 bits per heavy atom. The Balaban J connectivity index is 1.21. The highest BCUT2D eigenvalue weighted by Crippen LogP contribution is 2.23. The molecule has 6 rings (SSSR count). The molecular weight excluding hydrogens is 494 g/mol. The van der Waals surface area contributed by atoms with E-state index in [2.05, 4.69) is 24.9 Å². The highest BCUT2D eigenvalue weighted by atomic mass is 32.2. The van der Waals surface area contributed by atoms with Gasteiger partial charge in [-0.25, -0.2) is 9.78 Å². The minimum absolute atomic E-state index is 0.152. The van der Waals surface area contributed by atoms with Gasteiger partial charge in [0.05, 0.1) is 6.26 Å². The molecule has 1 aromatic carbocycles. The number of benzene rings is 1. The van der Waals surface area contributed by atoms with E-state index in [1.807, 2.05) is 24.3 Å². The van der Waals surface area contributed by atoms with Crippen LogP contribution in [-0.4, -0.2) is 76.8 Å². The Morgan fingerprint density at radius 3 is 2.46 bits per heavy atom. The molecule has 37 heavy (non-hydrogen) atoms. The lowest BCUT2D eigenvalue weighted by Gasteiger charge is -2.36. The summed E-state index contributed by atoms with van der Waals surface area (Å²) in [6.07, 6.45) is 3.24. The van der Waals surface area contributed by atoms with E-state index in [1.54, 1.807) is 40.8 Å². The third-order valence-corrected chi connectivity index (χ3v) is 7.80. The summed E-state index contributed by atoms with van der Waals surface area (Å²) in [7, 11) is 0.730. The van der Waals surface area contributed by atoms with Crippen molar-refractivity contribution in [1.29, 1.82) is 0 Å². The second-order valence-corrected chi connectivity index (χ2v) is 10.4. The van der Waals surface area contributed by atoms with Crippen LogP contribution in [0.1, 0.15) is 0 Å². The number of rotatable bonds is 6. The van der Waals surface area contributed by atoms with Gasteiger partial charge in [0.25, 0.3) is 0 Å². The summed E-state index contributed by atoms with van der Waals surface area (Å²) in [6, 6.07) is 11.4. The van der Waals surface area contributed by atoms with Crippen LogP contribution in [0, 0.1) is 0 Å². The zero-order chi connectivity index (χ0) is 25.7. The smallest absolute Gasteiger partial charge is 0.330 e. The van der Waals surface area contributed by atoms with Crippen LogP contribution in [0.3, 0.4) is 0 Å². The van der Waals surface area contributed by atoms with E-state index in [4.69, 9.17) is 10.2 Å². The molecule has 0 aliphatic carbocycles. The van der Waals surface area contributed by atoms with Gasteiger partial charge >= 0.3 is 5.69 Å². The molecule has 5 aromatic rings. The lowest BCUT2D eigenvalue weighted by atomic mass is 10.2. The molecule has 1 atom stereocenters. The topological polar surface area (TPSA) is 133 Å². The largest absolute Gasteiger partial charge is 0.461 e. The van der Waals surface area contributed by atoms with Crippen LogP contribution in [0.2, 0.25) is 0 Å². The van der Waals surface area contributed by atoms with Gasteiger partial charge in [-0.3, -0.25) is 18.2 Å². The molecule has 13 heteroatoms. The van der Waals surface area contributed by atoms with Gasteiger partial charge in [-0.05, 0) is 36.4 Å². The van der Waals surface area contributed by atoms with E-state index in [0.29, 0.717) is 41.5 Å². The van der Waals surface area contributed by atoms with Gasteiger partial charge in [-0.15, -0.1) is 5.10 Å². The molecule has 0 amide bonds. The molecule has 1 fully saturated rings. The minimum atomic E-state index is -0.977. The number of imidazole rings is 1. The summed E-state index contributed by atoms with van der Waals surface area (Å²) in [5.41, 5.74) is 8.69. The number of aryl methyl sites for hydroxylation is 1. The highest BCUT2D eigenvalue weighted by molar-refractivity contribution is 7.84. The maximum atomic E-state index is 13.2. The van der Waals surface area contributed by atoms with Gasteiger partial charge in [0.1, 0.15) is 5.52 Å². The van der Waals surface area contributed by atoms with E-state index in [1.165, 1.54) is 4.52 Å². The second kappa shape index (κ2) is 9.16. The summed E-state index contributed by atoms with van der Waals surface area (Å²) < 4.78 is 21.7. The van der Waals surface area contributed by atoms with Crippen LogP contribution in [-0.2, 0) is 24.4 Å². The quantitative estimate of drug-likeness (QED) is 0.350. The normalized spacial score (nSPS) is 15.7. The fourth-order valence-corrected chi connectivity index (χ4v) is 5.34. The third-order valence-electron chi connectivity index (χ3n) is 6.86. The number of hydrogen-bond acceptors (Lipinski definition) is 9. The summed E-state index contributed by atoms with van der Waals surface area (Å²) in [4.78, 5) is 27.8. The van der Waals surface area contributed by atoms with E-state index in [0.717, 1.165) is 36.8 Å². The van der Waals surface area contributed by atoms with Crippen molar-refractivity contribution >= 4 is 39.2 Å². The predicted octanol–water partition coefficient (Wildman–Crippen LogP) is 1.18. The Bertz CT molecular complexity index is 1660. The van der Waals surface area contributed by atoms with Crippen molar-refractivity contribution in [1.82, 2.24) is 33.6 Å². The first-order valence-electron chi connectivity index (χ1n) is 12.0. The molecule has 1 aliphatic rings. The average Bonchev–Trinajstić information content (AvgIpc) is 3.64. The Hall–Kier alpha value is -3.97. The molecule has 2 N–H and O–H groups in total. The number of aromatic nitrogens is 6. The van der Waals surface area contributed by atoms with Crippen LogP contribution < -0.4 is 16.3 Å². The summed E-state index contributed by atoms with van der Waals surface area (Å²) in [6.45, 7) is 4.68.